The van der Waals surface area contributed by atoms with Crippen LogP contribution in [0.5, 0.6) is 0 Å². The van der Waals surface area contributed by atoms with Crippen molar-refractivity contribution in [2.45, 2.75) is 32.9 Å². The van der Waals surface area contributed by atoms with Crippen LogP contribution in [-0.2, 0) is 11.3 Å². The van der Waals surface area contributed by atoms with Gasteiger partial charge in [0.1, 0.15) is 0 Å². The lowest BCUT2D eigenvalue weighted by Crippen LogP contribution is -2.34. The highest BCUT2D eigenvalue weighted by Crippen LogP contribution is 2.24. The van der Waals surface area contributed by atoms with Crippen LogP contribution >= 0.6 is 11.6 Å². The van der Waals surface area contributed by atoms with E-state index in [0.717, 1.165) is 31.7 Å². The second-order valence-electron chi connectivity index (χ2n) is 4.63. The van der Waals surface area contributed by atoms with Crippen molar-refractivity contribution in [1.82, 2.24) is 20.1 Å². The summed E-state index contributed by atoms with van der Waals surface area (Å²) in [5.74, 6) is 5.70. The van der Waals surface area contributed by atoms with Crippen molar-refractivity contribution in [2.75, 3.05) is 33.4 Å². The normalized spacial score (nSPS) is 13.1. The maximum absolute atomic E-state index is 6.25. The fraction of sp³-hybridized carbons (Fsp3) is 0.769. The summed E-state index contributed by atoms with van der Waals surface area (Å²) in [6.07, 6.45) is 2.55. The summed E-state index contributed by atoms with van der Waals surface area (Å²) in [6, 6.07) is -0.0116. The number of methoxy groups -OCH3 is 1. The molecule has 0 saturated carbocycles. The lowest BCUT2D eigenvalue weighted by atomic mass is 10.1. The Hall–Kier alpha value is -0.660. The smallest absolute Gasteiger partial charge is 0.0834 e. The second kappa shape index (κ2) is 9.31. The molecule has 1 rings (SSSR count). The van der Waals surface area contributed by atoms with Crippen molar-refractivity contribution >= 4 is 11.6 Å². The fourth-order valence-corrected chi connectivity index (χ4v) is 2.50. The predicted octanol–water partition coefficient (Wildman–Crippen LogP) is 1.42. The molecule has 0 saturated heterocycles. The van der Waals surface area contributed by atoms with E-state index in [-0.39, 0.29) is 6.04 Å². The molecule has 6 nitrogen and oxygen atoms in total. The Morgan fingerprint density at radius 3 is 2.75 bits per heavy atom. The first-order valence-corrected chi connectivity index (χ1v) is 7.44. The number of nitrogens with one attached hydrogen (secondary N) is 1. The molecular weight excluding hydrogens is 278 g/mol. The summed E-state index contributed by atoms with van der Waals surface area (Å²) in [5, 5.41) is 4.93. The zero-order valence-corrected chi connectivity index (χ0v) is 13.4. The number of nitrogens with zero attached hydrogens (tertiary/aromatic N) is 3. The van der Waals surface area contributed by atoms with Crippen LogP contribution in [0.4, 0.5) is 0 Å². The fourth-order valence-electron chi connectivity index (χ4n) is 2.22. The van der Waals surface area contributed by atoms with Crippen LogP contribution in [0.3, 0.4) is 0 Å². The summed E-state index contributed by atoms with van der Waals surface area (Å²) in [4.78, 5) is 2.36. The molecule has 0 radical (unpaired) electrons. The average molecular weight is 304 g/mol. The Bertz CT molecular complexity index is 381. The van der Waals surface area contributed by atoms with Crippen LogP contribution in [0.2, 0.25) is 5.02 Å². The molecule has 116 valence electrons. The number of hydrogen-bond donors (Lipinski definition) is 2. The van der Waals surface area contributed by atoms with Crippen LogP contribution in [0.25, 0.3) is 0 Å². The van der Waals surface area contributed by atoms with Gasteiger partial charge in [-0.1, -0.05) is 25.4 Å². The standard InChI is InChI=1S/C13H26ClN5O/c1-4-18(5-2)7-6-12(17-15)13-11(14)10-16-19(13)8-9-20-3/h10,12,17H,4-9,15H2,1-3H3. The van der Waals surface area contributed by atoms with Gasteiger partial charge in [-0.3, -0.25) is 16.0 Å². The van der Waals surface area contributed by atoms with Gasteiger partial charge in [-0.2, -0.15) is 5.10 Å². The summed E-state index contributed by atoms with van der Waals surface area (Å²) in [6.45, 7) is 8.61. The number of halogens is 1. The average Bonchev–Trinajstić information content (AvgIpc) is 2.83. The van der Waals surface area contributed by atoms with Crippen LogP contribution in [0.1, 0.15) is 32.0 Å². The van der Waals surface area contributed by atoms with E-state index in [1.165, 1.54) is 0 Å². The van der Waals surface area contributed by atoms with Crippen molar-refractivity contribution in [3.63, 3.8) is 0 Å². The SMILES string of the molecule is CCN(CC)CCC(NN)c1c(Cl)cnn1CCOC. The van der Waals surface area contributed by atoms with E-state index in [1.54, 1.807) is 13.3 Å². The summed E-state index contributed by atoms with van der Waals surface area (Å²) in [7, 11) is 1.67. The van der Waals surface area contributed by atoms with Gasteiger partial charge in [-0.25, -0.2) is 0 Å². The highest BCUT2D eigenvalue weighted by Gasteiger charge is 2.19. The molecule has 1 unspecified atom stereocenters. The molecule has 3 N–H and O–H groups in total. The Kier molecular flexibility index (Phi) is 8.09. The minimum atomic E-state index is -0.0116. The van der Waals surface area contributed by atoms with Crippen molar-refractivity contribution in [3.05, 3.63) is 16.9 Å². The number of hydrogen-bond acceptors (Lipinski definition) is 5. The van der Waals surface area contributed by atoms with Crippen molar-refractivity contribution in [2.24, 2.45) is 5.84 Å². The van der Waals surface area contributed by atoms with Gasteiger partial charge in [0.2, 0.25) is 0 Å². The maximum atomic E-state index is 6.25. The molecule has 7 heteroatoms. The van der Waals surface area contributed by atoms with Crippen LogP contribution in [0, 0.1) is 0 Å². The molecule has 1 aromatic heterocycles. The molecule has 1 aromatic rings. The lowest BCUT2D eigenvalue weighted by Gasteiger charge is -2.23. The van der Waals surface area contributed by atoms with Gasteiger partial charge in [0.25, 0.3) is 0 Å². The molecule has 1 atom stereocenters. The molecule has 0 spiro atoms. The Labute approximate surface area is 126 Å². The highest BCUT2D eigenvalue weighted by atomic mass is 35.5. The van der Waals surface area contributed by atoms with E-state index < -0.39 is 0 Å². The number of rotatable bonds is 10. The molecule has 0 fully saturated rings. The van der Waals surface area contributed by atoms with Crippen molar-refractivity contribution in [3.8, 4) is 0 Å². The molecule has 0 aromatic carbocycles. The Morgan fingerprint density at radius 2 is 2.20 bits per heavy atom. The van der Waals surface area contributed by atoms with Gasteiger partial charge in [0.05, 0.1) is 36.1 Å². The lowest BCUT2D eigenvalue weighted by molar-refractivity contribution is 0.181. The first kappa shape index (κ1) is 17.4. The van der Waals surface area contributed by atoms with Crippen LogP contribution in [-0.4, -0.2) is 48.0 Å². The Balaban J connectivity index is 2.75. The molecule has 1 heterocycles. The van der Waals surface area contributed by atoms with Crippen molar-refractivity contribution in [1.29, 1.82) is 0 Å². The van der Waals surface area contributed by atoms with Crippen LogP contribution < -0.4 is 11.3 Å². The van der Waals surface area contributed by atoms with E-state index >= 15 is 0 Å². The predicted molar refractivity (Wildman–Crippen MR) is 81.6 cm³/mol. The Morgan fingerprint density at radius 1 is 1.50 bits per heavy atom. The number of hydrazine groups is 1. The van der Waals surface area contributed by atoms with E-state index in [4.69, 9.17) is 22.2 Å². The highest BCUT2D eigenvalue weighted by molar-refractivity contribution is 6.31. The molecule has 20 heavy (non-hydrogen) atoms. The maximum Gasteiger partial charge on any atom is 0.0834 e. The number of aromatic nitrogens is 2. The van der Waals surface area contributed by atoms with E-state index in [2.05, 4.69) is 29.3 Å². The quantitative estimate of drug-likeness (QED) is 0.505. The zero-order valence-electron chi connectivity index (χ0n) is 12.6. The third-order valence-corrected chi connectivity index (χ3v) is 3.79. The van der Waals surface area contributed by atoms with Crippen molar-refractivity contribution < 1.29 is 4.74 Å². The molecule has 0 amide bonds. The first-order valence-electron chi connectivity index (χ1n) is 7.06. The van der Waals surface area contributed by atoms with E-state index in [1.807, 2.05) is 4.68 Å². The van der Waals surface area contributed by atoms with Crippen LogP contribution in [0.15, 0.2) is 6.20 Å². The van der Waals surface area contributed by atoms with Gasteiger partial charge in [-0.15, -0.1) is 0 Å². The molecule has 0 aliphatic rings. The molecule has 0 aliphatic carbocycles. The minimum absolute atomic E-state index is 0.0116. The first-order chi connectivity index (χ1) is 9.67. The third kappa shape index (κ3) is 4.71. The minimum Gasteiger partial charge on any atom is -0.383 e. The number of ether oxygens (including phenoxy) is 1. The van der Waals surface area contributed by atoms with E-state index in [0.29, 0.717) is 18.2 Å². The molecule has 0 aliphatic heterocycles. The molecular formula is C13H26ClN5O. The van der Waals surface area contributed by atoms with Gasteiger partial charge >= 0.3 is 0 Å². The zero-order chi connectivity index (χ0) is 15.0. The van der Waals surface area contributed by atoms with Gasteiger partial charge < -0.3 is 9.64 Å². The largest absolute Gasteiger partial charge is 0.383 e. The van der Waals surface area contributed by atoms with Gasteiger partial charge in [0, 0.05) is 13.7 Å². The topological polar surface area (TPSA) is 68.3 Å². The number of nitrogens with two attached hydrogens (primary N) is 1. The van der Waals surface area contributed by atoms with Gasteiger partial charge in [-0.05, 0) is 19.5 Å². The van der Waals surface area contributed by atoms with E-state index in [9.17, 15) is 0 Å². The second-order valence-corrected chi connectivity index (χ2v) is 5.04. The summed E-state index contributed by atoms with van der Waals surface area (Å²) in [5.41, 5.74) is 3.78. The monoisotopic (exact) mass is 303 g/mol. The summed E-state index contributed by atoms with van der Waals surface area (Å²) >= 11 is 6.25. The summed E-state index contributed by atoms with van der Waals surface area (Å²) < 4.78 is 6.95. The molecule has 0 bridgehead atoms. The van der Waals surface area contributed by atoms with Gasteiger partial charge in [0.15, 0.2) is 0 Å². The third-order valence-electron chi connectivity index (χ3n) is 3.50.